The van der Waals surface area contributed by atoms with E-state index in [0.717, 1.165) is 70.7 Å². The Balaban J connectivity index is 1.59. The summed E-state index contributed by atoms with van der Waals surface area (Å²) in [5.74, 6) is 0.0936. The van der Waals surface area contributed by atoms with Gasteiger partial charge in [0, 0.05) is 55.4 Å². The van der Waals surface area contributed by atoms with E-state index >= 15 is 0 Å². The molecule has 184 valence electrons. The maximum atomic E-state index is 12.4. The number of likely N-dealkylation sites (N-methyl/N-ethyl adjacent to an activating group) is 1. The molecule has 0 aliphatic carbocycles. The predicted octanol–water partition coefficient (Wildman–Crippen LogP) is 6.30. The van der Waals surface area contributed by atoms with Gasteiger partial charge in [-0.25, -0.2) is 4.98 Å². The number of allylic oxidation sites excluding steroid dienone is 2. The van der Waals surface area contributed by atoms with Crippen LogP contribution in [-0.4, -0.2) is 53.9 Å². The summed E-state index contributed by atoms with van der Waals surface area (Å²) in [6.45, 7) is 8.12. The first kappa shape index (κ1) is 24.3. The number of ketones is 1. The van der Waals surface area contributed by atoms with E-state index in [9.17, 15) is 4.79 Å². The van der Waals surface area contributed by atoms with Crippen molar-refractivity contribution in [3.8, 4) is 22.4 Å². The molecule has 1 aliphatic rings. The molecule has 1 N–H and O–H groups in total. The van der Waals surface area contributed by atoms with Crippen LogP contribution in [-0.2, 0) is 11.2 Å². The van der Waals surface area contributed by atoms with Gasteiger partial charge in [-0.2, -0.15) is 0 Å². The number of anilines is 1. The molecular weight excluding hydrogens is 468 g/mol. The predicted molar refractivity (Wildman–Crippen MR) is 150 cm³/mol. The number of nitrogens with zero attached hydrogens (tertiary/aromatic N) is 3. The Morgan fingerprint density at radius 1 is 1.06 bits per heavy atom. The maximum absolute atomic E-state index is 12.4. The molecule has 3 heterocycles. The number of halogens is 1. The molecule has 2 aromatic carbocycles. The van der Waals surface area contributed by atoms with Crippen LogP contribution in [0.5, 0.6) is 0 Å². The first-order chi connectivity index (χ1) is 17.4. The summed E-state index contributed by atoms with van der Waals surface area (Å²) >= 11 is 6.71. The van der Waals surface area contributed by atoms with Crippen molar-refractivity contribution in [2.45, 2.75) is 20.3 Å². The SMILES string of the molecule is C/C=C/C(=O)Cc1cc(-c2c(-c3ccc(N4CCN(C)CC4)cc3)[nH]c3nccc(Cl)c23)ccc1C. The number of piperazine rings is 1. The number of fused-ring (bicyclic) bond motifs is 1. The summed E-state index contributed by atoms with van der Waals surface area (Å²) in [5.41, 5.74) is 8.18. The smallest absolute Gasteiger partial charge is 0.159 e. The third-order valence-corrected chi connectivity index (χ3v) is 7.34. The lowest BCUT2D eigenvalue weighted by atomic mass is 9.93. The van der Waals surface area contributed by atoms with Crippen molar-refractivity contribution >= 4 is 34.1 Å². The van der Waals surface area contributed by atoms with E-state index in [4.69, 9.17) is 11.6 Å². The standard InChI is InChI=1S/C30H31ClN4O/c1-4-5-25(36)19-23-18-22(7-6-20(23)2)27-28-26(31)12-13-32-30(28)33-29(27)21-8-10-24(11-9-21)35-16-14-34(3)15-17-35/h4-13,18H,14-17,19H2,1-3H3,(H,32,33)/b5-4+. The Labute approximate surface area is 217 Å². The van der Waals surface area contributed by atoms with Gasteiger partial charge < -0.3 is 14.8 Å². The van der Waals surface area contributed by atoms with Crippen LogP contribution in [0, 0.1) is 6.92 Å². The van der Waals surface area contributed by atoms with Crippen molar-refractivity contribution in [3.05, 3.63) is 83.0 Å². The van der Waals surface area contributed by atoms with Gasteiger partial charge in [0.15, 0.2) is 5.78 Å². The number of benzene rings is 2. The van der Waals surface area contributed by atoms with E-state index in [2.05, 4.69) is 69.3 Å². The van der Waals surface area contributed by atoms with Gasteiger partial charge in [0.25, 0.3) is 0 Å². The molecule has 0 bridgehead atoms. The molecule has 0 spiro atoms. The Morgan fingerprint density at radius 2 is 1.78 bits per heavy atom. The summed E-state index contributed by atoms with van der Waals surface area (Å²) in [4.78, 5) is 25.3. The molecule has 0 unspecified atom stereocenters. The van der Waals surface area contributed by atoms with Gasteiger partial charge in [-0.3, -0.25) is 4.79 Å². The minimum atomic E-state index is 0.0936. The highest BCUT2D eigenvalue weighted by molar-refractivity contribution is 6.36. The van der Waals surface area contributed by atoms with Gasteiger partial charge in [0.2, 0.25) is 0 Å². The van der Waals surface area contributed by atoms with Crippen LogP contribution in [0.15, 0.2) is 66.9 Å². The Hall–Kier alpha value is -3.41. The highest BCUT2D eigenvalue weighted by Gasteiger charge is 2.20. The van der Waals surface area contributed by atoms with Crippen LogP contribution < -0.4 is 4.90 Å². The van der Waals surface area contributed by atoms with Crippen LogP contribution in [0.1, 0.15) is 18.1 Å². The second-order valence-corrected chi connectivity index (χ2v) is 9.92. The van der Waals surface area contributed by atoms with Crippen molar-refractivity contribution in [1.29, 1.82) is 0 Å². The summed E-state index contributed by atoms with van der Waals surface area (Å²) in [7, 11) is 2.17. The van der Waals surface area contributed by atoms with Crippen LogP contribution in [0.4, 0.5) is 5.69 Å². The zero-order chi connectivity index (χ0) is 25.2. The molecular formula is C30H31ClN4O. The third-order valence-electron chi connectivity index (χ3n) is 7.02. The molecule has 0 radical (unpaired) electrons. The van der Waals surface area contributed by atoms with E-state index in [-0.39, 0.29) is 5.78 Å². The van der Waals surface area contributed by atoms with Crippen LogP contribution in [0.3, 0.4) is 0 Å². The van der Waals surface area contributed by atoms with E-state index in [0.29, 0.717) is 11.4 Å². The van der Waals surface area contributed by atoms with Crippen molar-refractivity contribution in [2.75, 3.05) is 38.1 Å². The number of H-pyrrole nitrogens is 1. The largest absolute Gasteiger partial charge is 0.369 e. The van der Waals surface area contributed by atoms with Crippen molar-refractivity contribution < 1.29 is 4.79 Å². The van der Waals surface area contributed by atoms with Crippen molar-refractivity contribution in [2.24, 2.45) is 0 Å². The molecule has 5 nitrogen and oxygen atoms in total. The molecule has 2 aromatic heterocycles. The highest BCUT2D eigenvalue weighted by atomic mass is 35.5. The molecule has 5 rings (SSSR count). The summed E-state index contributed by atoms with van der Waals surface area (Å²) in [6.07, 6.45) is 5.51. The number of hydrogen-bond donors (Lipinski definition) is 1. The number of carbonyl (C=O) groups is 1. The van der Waals surface area contributed by atoms with Gasteiger partial charge in [0.1, 0.15) is 5.65 Å². The first-order valence-corrected chi connectivity index (χ1v) is 12.8. The lowest BCUT2D eigenvalue weighted by Crippen LogP contribution is -2.44. The second-order valence-electron chi connectivity index (χ2n) is 9.51. The third kappa shape index (κ3) is 4.81. The zero-order valence-electron chi connectivity index (χ0n) is 21.0. The fourth-order valence-electron chi connectivity index (χ4n) is 4.94. The lowest BCUT2D eigenvalue weighted by Gasteiger charge is -2.34. The summed E-state index contributed by atoms with van der Waals surface area (Å²) in [6, 6.07) is 16.9. The van der Waals surface area contributed by atoms with Crippen LogP contribution >= 0.6 is 11.6 Å². The molecule has 0 amide bonds. The minimum Gasteiger partial charge on any atom is -0.369 e. The molecule has 1 saturated heterocycles. The van der Waals surface area contributed by atoms with Gasteiger partial charge in [-0.1, -0.05) is 48.0 Å². The fourth-order valence-corrected chi connectivity index (χ4v) is 5.18. The van der Waals surface area contributed by atoms with Gasteiger partial charge in [-0.05, 0) is 67.4 Å². The number of hydrogen-bond acceptors (Lipinski definition) is 4. The first-order valence-electron chi connectivity index (χ1n) is 12.4. The molecule has 4 aromatic rings. The number of rotatable bonds is 6. The van der Waals surface area contributed by atoms with Crippen molar-refractivity contribution in [1.82, 2.24) is 14.9 Å². The normalized spacial score (nSPS) is 14.7. The monoisotopic (exact) mass is 498 g/mol. The number of aryl methyl sites for hydroxylation is 1. The van der Waals surface area contributed by atoms with Crippen LogP contribution in [0.2, 0.25) is 5.02 Å². The molecule has 0 saturated carbocycles. The number of nitrogens with one attached hydrogen (secondary N) is 1. The molecule has 1 aliphatic heterocycles. The van der Waals surface area contributed by atoms with E-state index in [1.165, 1.54) is 5.69 Å². The Morgan fingerprint density at radius 3 is 2.50 bits per heavy atom. The fraction of sp³-hybridized carbons (Fsp3) is 0.267. The molecule has 0 atom stereocenters. The van der Waals surface area contributed by atoms with Gasteiger partial charge >= 0.3 is 0 Å². The lowest BCUT2D eigenvalue weighted by molar-refractivity contribution is -0.114. The topological polar surface area (TPSA) is 52.2 Å². The van der Waals surface area contributed by atoms with Gasteiger partial charge in [-0.15, -0.1) is 0 Å². The average molecular weight is 499 g/mol. The maximum Gasteiger partial charge on any atom is 0.159 e. The molecule has 1 fully saturated rings. The molecule has 36 heavy (non-hydrogen) atoms. The van der Waals surface area contributed by atoms with Crippen LogP contribution in [0.25, 0.3) is 33.4 Å². The Bertz CT molecular complexity index is 1430. The van der Waals surface area contributed by atoms with E-state index < -0.39 is 0 Å². The average Bonchev–Trinajstić information content (AvgIpc) is 3.27. The van der Waals surface area contributed by atoms with E-state index in [1.54, 1.807) is 18.3 Å². The summed E-state index contributed by atoms with van der Waals surface area (Å²) in [5, 5.41) is 1.55. The second kappa shape index (κ2) is 10.3. The molecule has 6 heteroatoms. The van der Waals surface area contributed by atoms with Gasteiger partial charge in [0.05, 0.1) is 10.7 Å². The zero-order valence-corrected chi connectivity index (χ0v) is 21.8. The Kier molecular flexibility index (Phi) is 6.95. The highest BCUT2D eigenvalue weighted by Crippen LogP contribution is 2.41. The summed E-state index contributed by atoms with van der Waals surface area (Å²) < 4.78 is 0. The number of aromatic nitrogens is 2. The number of carbonyl (C=O) groups excluding carboxylic acids is 1. The minimum absolute atomic E-state index is 0.0936. The van der Waals surface area contributed by atoms with Crippen molar-refractivity contribution in [3.63, 3.8) is 0 Å². The van der Waals surface area contributed by atoms with E-state index in [1.807, 2.05) is 19.9 Å². The quantitative estimate of drug-likeness (QED) is 0.317. The number of pyridine rings is 1. The number of aromatic amines is 1.